The number of carbonyl (C=O) groups excluding carboxylic acids is 1. The zero-order valence-electron chi connectivity index (χ0n) is 15.6. The number of amides is 1. The first-order chi connectivity index (χ1) is 14.2. The Labute approximate surface area is 174 Å². The van der Waals surface area contributed by atoms with Crippen LogP contribution in [-0.2, 0) is 6.42 Å². The number of hydrogen-bond acceptors (Lipinski definition) is 3. The third-order valence-corrected chi connectivity index (χ3v) is 4.86. The maximum Gasteiger partial charge on any atom is 0.251 e. The summed E-state index contributed by atoms with van der Waals surface area (Å²) in [7, 11) is 0. The Morgan fingerprint density at radius 2 is 1.66 bits per heavy atom. The minimum absolute atomic E-state index is 0.0935. The van der Waals surface area contributed by atoms with Crippen molar-refractivity contribution in [3.63, 3.8) is 0 Å². The van der Waals surface area contributed by atoms with Gasteiger partial charge in [0.2, 0.25) is 0 Å². The first-order valence-corrected chi connectivity index (χ1v) is 9.68. The molecule has 0 spiro atoms. The van der Waals surface area contributed by atoms with Crippen LogP contribution in [0.3, 0.4) is 0 Å². The third kappa shape index (κ3) is 4.52. The molecule has 4 aromatic rings. The molecule has 1 aromatic heterocycles. The summed E-state index contributed by atoms with van der Waals surface area (Å²) in [6, 6.07) is 24.9. The van der Waals surface area contributed by atoms with E-state index in [1.54, 1.807) is 23.0 Å². The standard InChI is InChI=1S/C23H19ClN4O/c24-20-10-6-18(7-11-20)22-16-26-27-28(22)21-12-8-19(9-13-21)23(29)25-15-14-17-4-2-1-3-5-17/h1-13,16H,14-15H2,(H,25,29). The van der Waals surface area contributed by atoms with Crippen molar-refractivity contribution >= 4 is 17.5 Å². The van der Waals surface area contributed by atoms with Crippen molar-refractivity contribution in [1.82, 2.24) is 20.3 Å². The molecule has 0 unspecified atom stereocenters. The van der Waals surface area contributed by atoms with Crippen molar-refractivity contribution in [3.8, 4) is 16.9 Å². The summed E-state index contributed by atoms with van der Waals surface area (Å²) < 4.78 is 1.74. The van der Waals surface area contributed by atoms with Crippen LogP contribution in [0, 0.1) is 0 Å². The van der Waals surface area contributed by atoms with Crippen molar-refractivity contribution in [2.24, 2.45) is 0 Å². The van der Waals surface area contributed by atoms with Crippen LogP contribution >= 0.6 is 11.6 Å². The van der Waals surface area contributed by atoms with E-state index in [9.17, 15) is 4.79 Å². The molecule has 29 heavy (non-hydrogen) atoms. The number of carbonyl (C=O) groups is 1. The zero-order valence-corrected chi connectivity index (χ0v) is 16.4. The number of benzene rings is 3. The second-order valence-corrected chi connectivity index (χ2v) is 7.01. The number of halogens is 1. The van der Waals surface area contributed by atoms with Gasteiger partial charge in [-0.05, 0) is 48.4 Å². The van der Waals surface area contributed by atoms with E-state index in [-0.39, 0.29) is 5.91 Å². The molecule has 0 aliphatic heterocycles. The van der Waals surface area contributed by atoms with E-state index in [4.69, 9.17) is 11.6 Å². The number of nitrogens with one attached hydrogen (secondary N) is 1. The normalized spacial score (nSPS) is 10.7. The monoisotopic (exact) mass is 402 g/mol. The molecule has 1 amide bonds. The Kier molecular flexibility index (Phi) is 5.68. The molecule has 1 heterocycles. The summed E-state index contributed by atoms with van der Waals surface area (Å²) in [5, 5.41) is 11.8. The molecule has 0 radical (unpaired) electrons. The Morgan fingerprint density at radius 1 is 0.931 bits per heavy atom. The van der Waals surface area contributed by atoms with Crippen molar-refractivity contribution in [2.75, 3.05) is 6.54 Å². The first kappa shape index (κ1) is 18.9. The molecule has 0 aliphatic carbocycles. The molecule has 3 aromatic carbocycles. The van der Waals surface area contributed by atoms with E-state index in [0.717, 1.165) is 23.4 Å². The van der Waals surface area contributed by atoms with Crippen molar-refractivity contribution in [3.05, 3.63) is 101 Å². The quantitative estimate of drug-likeness (QED) is 0.514. The molecular weight excluding hydrogens is 384 g/mol. The Morgan fingerprint density at radius 3 is 2.38 bits per heavy atom. The lowest BCUT2D eigenvalue weighted by atomic mass is 10.1. The summed E-state index contributed by atoms with van der Waals surface area (Å²) in [6.45, 7) is 0.592. The summed E-state index contributed by atoms with van der Waals surface area (Å²) in [5.41, 5.74) is 4.44. The molecule has 6 heteroatoms. The fraction of sp³-hybridized carbons (Fsp3) is 0.0870. The highest BCUT2D eigenvalue weighted by molar-refractivity contribution is 6.30. The first-order valence-electron chi connectivity index (χ1n) is 9.30. The average Bonchev–Trinajstić information content (AvgIpc) is 3.25. The van der Waals surface area contributed by atoms with E-state index in [0.29, 0.717) is 17.1 Å². The van der Waals surface area contributed by atoms with E-state index < -0.39 is 0 Å². The van der Waals surface area contributed by atoms with Gasteiger partial charge in [0, 0.05) is 22.7 Å². The van der Waals surface area contributed by atoms with Gasteiger partial charge in [-0.3, -0.25) is 4.79 Å². The number of hydrogen-bond donors (Lipinski definition) is 1. The molecule has 0 atom stereocenters. The van der Waals surface area contributed by atoms with Gasteiger partial charge < -0.3 is 5.32 Å². The molecule has 0 saturated heterocycles. The van der Waals surface area contributed by atoms with Gasteiger partial charge in [0.1, 0.15) is 0 Å². The fourth-order valence-electron chi connectivity index (χ4n) is 3.06. The maximum absolute atomic E-state index is 12.4. The van der Waals surface area contributed by atoms with Gasteiger partial charge in [-0.1, -0.05) is 59.3 Å². The number of aromatic nitrogens is 3. The molecule has 1 N–H and O–H groups in total. The number of nitrogens with zero attached hydrogens (tertiary/aromatic N) is 3. The lowest BCUT2D eigenvalue weighted by Crippen LogP contribution is -2.25. The van der Waals surface area contributed by atoms with Gasteiger partial charge in [-0.2, -0.15) is 0 Å². The molecule has 0 aliphatic rings. The molecule has 0 saturated carbocycles. The topological polar surface area (TPSA) is 59.8 Å². The lowest BCUT2D eigenvalue weighted by Gasteiger charge is -2.08. The van der Waals surface area contributed by atoms with Gasteiger partial charge in [0.15, 0.2) is 0 Å². The van der Waals surface area contributed by atoms with Crippen LogP contribution in [0.4, 0.5) is 0 Å². The highest BCUT2D eigenvalue weighted by Crippen LogP contribution is 2.23. The largest absolute Gasteiger partial charge is 0.352 e. The summed E-state index contributed by atoms with van der Waals surface area (Å²) in [6.07, 6.45) is 2.50. The van der Waals surface area contributed by atoms with Crippen LogP contribution < -0.4 is 5.32 Å². The minimum Gasteiger partial charge on any atom is -0.352 e. The second-order valence-electron chi connectivity index (χ2n) is 6.58. The van der Waals surface area contributed by atoms with Crippen molar-refractivity contribution in [1.29, 1.82) is 0 Å². The van der Waals surface area contributed by atoms with E-state index in [1.165, 1.54) is 5.56 Å². The lowest BCUT2D eigenvalue weighted by molar-refractivity contribution is 0.0954. The highest BCUT2D eigenvalue weighted by atomic mass is 35.5. The summed E-state index contributed by atoms with van der Waals surface area (Å²) >= 11 is 5.97. The molecule has 4 rings (SSSR count). The predicted molar refractivity (Wildman–Crippen MR) is 114 cm³/mol. The van der Waals surface area contributed by atoms with Crippen molar-refractivity contribution < 1.29 is 4.79 Å². The highest BCUT2D eigenvalue weighted by Gasteiger charge is 2.10. The van der Waals surface area contributed by atoms with Crippen LogP contribution in [0.25, 0.3) is 16.9 Å². The fourth-order valence-corrected chi connectivity index (χ4v) is 3.19. The van der Waals surface area contributed by atoms with E-state index in [1.807, 2.05) is 54.6 Å². The average molecular weight is 403 g/mol. The molecule has 0 fully saturated rings. The number of rotatable bonds is 6. The van der Waals surface area contributed by atoms with Gasteiger partial charge in [0.25, 0.3) is 5.91 Å². The Bertz CT molecular complexity index is 1090. The zero-order chi connectivity index (χ0) is 20.1. The van der Waals surface area contributed by atoms with Crippen LogP contribution in [0.1, 0.15) is 15.9 Å². The second kappa shape index (κ2) is 8.71. The minimum atomic E-state index is -0.0935. The van der Waals surface area contributed by atoms with Crippen LogP contribution in [-0.4, -0.2) is 27.4 Å². The van der Waals surface area contributed by atoms with Crippen molar-refractivity contribution in [2.45, 2.75) is 6.42 Å². The molecule has 5 nitrogen and oxygen atoms in total. The summed E-state index contributed by atoms with van der Waals surface area (Å²) in [4.78, 5) is 12.4. The van der Waals surface area contributed by atoms with Crippen LogP contribution in [0.2, 0.25) is 5.02 Å². The maximum atomic E-state index is 12.4. The Hall–Kier alpha value is -3.44. The molecular formula is C23H19ClN4O. The molecule has 144 valence electrons. The smallest absolute Gasteiger partial charge is 0.251 e. The van der Waals surface area contributed by atoms with Gasteiger partial charge >= 0.3 is 0 Å². The van der Waals surface area contributed by atoms with Gasteiger partial charge in [-0.25, -0.2) is 4.68 Å². The van der Waals surface area contributed by atoms with Gasteiger partial charge in [0.05, 0.1) is 17.6 Å². The van der Waals surface area contributed by atoms with Crippen LogP contribution in [0.5, 0.6) is 0 Å². The van der Waals surface area contributed by atoms with Gasteiger partial charge in [-0.15, -0.1) is 5.10 Å². The summed E-state index contributed by atoms with van der Waals surface area (Å²) in [5.74, 6) is -0.0935. The SMILES string of the molecule is O=C(NCCc1ccccc1)c1ccc(-n2nncc2-c2ccc(Cl)cc2)cc1. The predicted octanol–water partition coefficient (Wildman–Crippen LogP) is 4.56. The van der Waals surface area contributed by atoms with E-state index in [2.05, 4.69) is 27.8 Å². The van der Waals surface area contributed by atoms with Crippen LogP contribution in [0.15, 0.2) is 85.1 Å². The Balaban J connectivity index is 1.44. The molecule has 0 bridgehead atoms. The van der Waals surface area contributed by atoms with E-state index >= 15 is 0 Å². The third-order valence-electron chi connectivity index (χ3n) is 4.61.